The molecule has 21 heavy (non-hydrogen) atoms. The summed E-state index contributed by atoms with van der Waals surface area (Å²) in [5.41, 5.74) is 1.04. The molecule has 0 unspecified atom stereocenters. The maximum atomic E-state index is 10.7. The van der Waals surface area contributed by atoms with E-state index in [0.717, 1.165) is 51.0 Å². The highest BCUT2D eigenvalue weighted by Crippen LogP contribution is 2.25. The Morgan fingerprint density at radius 1 is 1.52 bits per heavy atom. The average molecular weight is 313 g/mol. The maximum absolute atomic E-state index is 10.7. The Morgan fingerprint density at radius 3 is 2.81 bits per heavy atom. The van der Waals surface area contributed by atoms with Crippen LogP contribution in [0.3, 0.4) is 0 Å². The van der Waals surface area contributed by atoms with Crippen molar-refractivity contribution in [2.75, 3.05) is 33.3 Å². The van der Waals surface area contributed by atoms with E-state index in [-0.39, 0.29) is 16.5 Å². The highest BCUT2D eigenvalue weighted by molar-refractivity contribution is 7.13. The summed E-state index contributed by atoms with van der Waals surface area (Å²) in [4.78, 5) is 15.1. The van der Waals surface area contributed by atoms with Crippen LogP contribution in [0, 0.1) is 10.1 Å². The molecule has 0 radical (unpaired) electrons. The van der Waals surface area contributed by atoms with Gasteiger partial charge in [-0.15, -0.1) is 0 Å². The van der Waals surface area contributed by atoms with E-state index >= 15 is 0 Å². The van der Waals surface area contributed by atoms with Crippen molar-refractivity contribution in [3.8, 4) is 0 Å². The van der Waals surface area contributed by atoms with Crippen LogP contribution in [0.2, 0.25) is 0 Å². The van der Waals surface area contributed by atoms with Crippen molar-refractivity contribution in [1.29, 1.82) is 0 Å². The molecule has 1 N–H and O–H groups in total. The summed E-state index contributed by atoms with van der Waals surface area (Å²) in [5, 5.41) is 21.7. The van der Waals surface area contributed by atoms with Crippen LogP contribution in [0.1, 0.15) is 24.8 Å². The molecule has 1 fully saturated rings. The van der Waals surface area contributed by atoms with Gasteiger partial charge in [-0.05, 0) is 45.0 Å². The third-order valence-electron chi connectivity index (χ3n) is 4.08. The quantitative estimate of drug-likeness (QED) is 0.615. The van der Waals surface area contributed by atoms with E-state index in [1.165, 1.54) is 11.3 Å². The normalized spacial score (nSPS) is 17.5. The summed E-state index contributed by atoms with van der Waals surface area (Å²) in [6.45, 7) is 4.05. The van der Waals surface area contributed by atoms with Crippen LogP contribution in [0.5, 0.6) is 0 Å². The summed E-state index contributed by atoms with van der Waals surface area (Å²) in [5.74, 6) is 0. The number of rotatable bonds is 7. The minimum absolute atomic E-state index is 0.226. The van der Waals surface area contributed by atoms with Gasteiger partial charge in [-0.25, -0.2) is 0 Å². The number of likely N-dealkylation sites (tertiary alicyclic amines) is 1. The molecule has 0 aliphatic carbocycles. The summed E-state index contributed by atoms with van der Waals surface area (Å²) < 4.78 is 0. The molecule has 0 amide bonds. The molecular weight excluding hydrogens is 290 g/mol. The van der Waals surface area contributed by atoms with E-state index in [0.29, 0.717) is 6.04 Å². The van der Waals surface area contributed by atoms with Gasteiger partial charge in [0, 0.05) is 37.2 Å². The molecule has 1 aromatic rings. The minimum atomic E-state index is -0.323. The number of nitrogens with zero attached hydrogens (tertiary/aromatic N) is 3. The zero-order valence-electron chi connectivity index (χ0n) is 12.4. The average Bonchev–Trinajstić information content (AvgIpc) is 2.94. The Hall–Kier alpha value is -1.02. The van der Waals surface area contributed by atoms with Crippen LogP contribution in [-0.4, -0.2) is 59.2 Å². The molecular formula is C14H23N3O3S. The largest absolute Gasteiger partial charge is 0.396 e. The van der Waals surface area contributed by atoms with Crippen LogP contribution in [0.4, 0.5) is 5.00 Å². The van der Waals surface area contributed by atoms with E-state index in [2.05, 4.69) is 16.8 Å². The smallest absolute Gasteiger partial charge is 0.324 e. The van der Waals surface area contributed by atoms with Crippen LogP contribution >= 0.6 is 11.3 Å². The Kier molecular flexibility index (Phi) is 6.10. The molecule has 7 heteroatoms. The third kappa shape index (κ3) is 4.74. The van der Waals surface area contributed by atoms with Crippen molar-refractivity contribution in [1.82, 2.24) is 9.80 Å². The molecule has 0 spiro atoms. The second-order valence-corrected chi connectivity index (χ2v) is 6.51. The summed E-state index contributed by atoms with van der Waals surface area (Å²) in [6.07, 6.45) is 3.07. The van der Waals surface area contributed by atoms with Gasteiger partial charge in [0.15, 0.2) is 0 Å². The Bertz CT molecular complexity index is 458. The lowest BCUT2D eigenvalue weighted by Crippen LogP contribution is -2.43. The topological polar surface area (TPSA) is 69.8 Å². The van der Waals surface area contributed by atoms with Crippen LogP contribution in [-0.2, 0) is 6.54 Å². The van der Waals surface area contributed by atoms with Crippen molar-refractivity contribution in [3.63, 3.8) is 0 Å². The first-order valence-corrected chi connectivity index (χ1v) is 8.23. The van der Waals surface area contributed by atoms with E-state index in [1.807, 2.05) is 5.38 Å². The number of piperidine rings is 1. The van der Waals surface area contributed by atoms with E-state index in [9.17, 15) is 10.1 Å². The molecule has 118 valence electrons. The standard InChI is InChI=1S/C14H23N3O3S/c1-15(5-2-8-18)13-3-6-16(7-4-13)10-12-9-14(17(19)20)21-11-12/h9,11,13,18H,2-8,10H2,1H3. The fourth-order valence-electron chi connectivity index (χ4n) is 2.82. The first kappa shape index (κ1) is 16.4. The lowest BCUT2D eigenvalue weighted by molar-refractivity contribution is -0.380. The predicted molar refractivity (Wildman–Crippen MR) is 83.6 cm³/mol. The molecule has 1 aromatic heterocycles. The van der Waals surface area contributed by atoms with Gasteiger partial charge >= 0.3 is 5.00 Å². The lowest BCUT2D eigenvalue weighted by Gasteiger charge is -2.36. The highest BCUT2D eigenvalue weighted by Gasteiger charge is 2.22. The maximum Gasteiger partial charge on any atom is 0.324 e. The van der Waals surface area contributed by atoms with Gasteiger partial charge in [-0.3, -0.25) is 15.0 Å². The minimum Gasteiger partial charge on any atom is -0.396 e. The summed E-state index contributed by atoms with van der Waals surface area (Å²) in [7, 11) is 2.12. The second kappa shape index (κ2) is 7.84. The van der Waals surface area contributed by atoms with Gasteiger partial charge in [-0.1, -0.05) is 11.3 Å². The molecule has 0 bridgehead atoms. The highest BCUT2D eigenvalue weighted by atomic mass is 32.1. The number of aliphatic hydroxyl groups excluding tert-OH is 1. The molecule has 1 saturated heterocycles. The van der Waals surface area contributed by atoms with Crippen LogP contribution < -0.4 is 0 Å². The number of hydrogen-bond acceptors (Lipinski definition) is 6. The third-order valence-corrected chi connectivity index (χ3v) is 5.00. The van der Waals surface area contributed by atoms with Gasteiger partial charge < -0.3 is 10.0 Å². The lowest BCUT2D eigenvalue weighted by atomic mass is 10.0. The number of hydrogen-bond donors (Lipinski definition) is 1. The second-order valence-electron chi connectivity index (χ2n) is 5.62. The fourth-order valence-corrected chi connectivity index (χ4v) is 3.54. The van der Waals surface area contributed by atoms with Crippen molar-refractivity contribution in [3.05, 3.63) is 27.1 Å². The number of nitro groups is 1. The van der Waals surface area contributed by atoms with Gasteiger partial charge in [-0.2, -0.15) is 0 Å². The van der Waals surface area contributed by atoms with E-state index in [4.69, 9.17) is 5.11 Å². The number of aliphatic hydroxyl groups is 1. The monoisotopic (exact) mass is 313 g/mol. The fraction of sp³-hybridized carbons (Fsp3) is 0.714. The molecule has 1 aliphatic heterocycles. The Balaban J connectivity index is 1.77. The molecule has 6 nitrogen and oxygen atoms in total. The summed E-state index contributed by atoms with van der Waals surface area (Å²) >= 11 is 1.20. The van der Waals surface area contributed by atoms with Crippen LogP contribution in [0.25, 0.3) is 0 Å². The number of thiophene rings is 1. The Labute approximate surface area is 129 Å². The van der Waals surface area contributed by atoms with Gasteiger partial charge in [0.25, 0.3) is 0 Å². The molecule has 2 rings (SSSR count). The van der Waals surface area contributed by atoms with Crippen molar-refractivity contribution in [2.45, 2.75) is 31.8 Å². The first-order valence-electron chi connectivity index (χ1n) is 7.35. The van der Waals surface area contributed by atoms with Crippen molar-refractivity contribution in [2.24, 2.45) is 0 Å². The van der Waals surface area contributed by atoms with E-state index in [1.54, 1.807) is 6.07 Å². The first-order chi connectivity index (χ1) is 10.1. The van der Waals surface area contributed by atoms with Gasteiger partial charge in [0.1, 0.15) is 0 Å². The Morgan fingerprint density at radius 2 is 2.24 bits per heavy atom. The summed E-state index contributed by atoms with van der Waals surface area (Å²) in [6, 6.07) is 2.27. The molecule has 0 saturated carbocycles. The van der Waals surface area contributed by atoms with Gasteiger partial charge in [0.2, 0.25) is 0 Å². The molecule has 1 aliphatic rings. The molecule has 2 heterocycles. The molecule has 0 atom stereocenters. The van der Waals surface area contributed by atoms with Crippen LogP contribution in [0.15, 0.2) is 11.4 Å². The SMILES string of the molecule is CN(CCCO)C1CCN(Cc2csc([N+](=O)[O-])c2)CC1. The van der Waals surface area contributed by atoms with E-state index < -0.39 is 0 Å². The predicted octanol–water partition coefficient (Wildman–Crippen LogP) is 1.93. The zero-order chi connectivity index (χ0) is 15.2. The molecule has 0 aromatic carbocycles. The van der Waals surface area contributed by atoms with Gasteiger partial charge in [0.05, 0.1) is 4.92 Å². The van der Waals surface area contributed by atoms with Crippen molar-refractivity contribution >= 4 is 16.3 Å². The zero-order valence-corrected chi connectivity index (χ0v) is 13.2. The van der Waals surface area contributed by atoms with Crippen molar-refractivity contribution < 1.29 is 10.0 Å².